The summed E-state index contributed by atoms with van der Waals surface area (Å²) in [5.74, 6) is 1.40. The average molecular weight is 280 g/mol. The Kier molecular flexibility index (Phi) is 2.98. The number of hydrogen-bond donors (Lipinski definition) is 2. The van der Waals surface area contributed by atoms with E-state index < -0.39 is 0 Å². The van der Waals surface area contributed by atoms with E-state index in [9.17, 15) is 0 Å². The fraction of sp³-hybridized carbons (Fsp3) is 0.308. The second-order valence-corrected chi connectivity index (χ2v) is 4.86. The van der Waals surface area contributed by atoms with Crippen molar-refractivity contribution in [3.8, 4) is 11.5 Å². The minimum absolute atomic E-state index is 0.245. The molecule has 0 atom stereocenters. The summed E-state index contributed by atoms with van der Waals surface area (Å²) >= 11 is 6.21. The number of H-pyrrole nitrogens is 1. The van der Waals surface area contributed by atoms with E-state index in [-0.39, 0.29) is 6.79 Å². The van der Waals surface area contributed by atoms with E-state index >= 15 is 0 Å². The van der Waals surface area contributed by atoms with Gasteiger partial charge in [0.1, 0.15) is 0 Å². The number of anilines is 1. The Balaban J connectivity index is 1.81. The Bertz CT molecular complexity index is 605. The third-order valence-electron chi connectivity index (χ3n) is 3.20. The van der Waals surface area contributed by atoms with E-state index in [0.717, 1.165) is 22.6 Å². The summed E-state index contributed by atoms with van der Waals surface area (Å²) in [5.41, 5.74) is 4.02. The summed E-state index contributed by atoms with van der Waals surface area (Å²) in [5, 5.41) is 11.0. The molecule has 2 N–H and O–H groups in total. The molecule has 0 saturated carbocycles. The van der Waals surface area contributed by atoms with Crippen LogP contribution in [0.25, 0.3) is 0 Å². The molecule has 100 valence electrons. The highest BCUT2D eigenvalue weighted by molar-refractivity contribution is 6.33. The minimum Gasteiger partial charge on any atom is -0.454 e. The largest absolute Gasteiger partial charge is 0.454 e. The van der Waals surface area contributed by atoms with E-state index in [2.05, 4.69) is 15.5 Å². The maximum Gasteiger partial charge on any atom is 0.231 e. The lowest BCUT2D eigenvalue weighted by molar-refractivity contribution is 0.174. The van der Waals surface area contributed by atoms with Crippen molar-refractivity contribution in [2.75, 3.05) is 12.1 Å². The molecule has 1 aromatic carbocycles. The highest BCUT2D eigenvalue weighted by atomic mass is 35.5. The van der Waals surface area contributed by atoms with Crippen molar-refractivity contribution in [1.82, 2.24) is 10.2 Å². The molecular weight excluding hydrogens is 266 g/mol. The number of aromatic nitrogens is 2. The summed E-state index contributed by atoms with van der Waals surface area (Å²) in [7, 11) is 0. The smallest absolute Gasteiger partial charge is 0.231 e. The van der Waals surface area contributed by atoms with Crippen LogP contribution in [0, 0.1) is 13.8 Å². The number of halogens is 1. The van der Waals surface area contributed by atoms with Crippen LogP contribution in [-0.4, -0.2) is 17.0 Å². The van der Waals surface area contributed by atoms with E-state index in [1.54, 1.807) is 6.07 Å². The second kappa shape index (κ2) is 4.66. The van der Waals surface area contributed by atoms with Crippen LogP contribution in [0.1, 0.15) is 17.0 Å². The van der Waals surface area contributed by atoms with Gasteiger partial charge in [0.15, 0.2) is 11.5 Å². The van der Waals surface area contributed by atoms with Crippen LogP contribution in [0.5, 0.6) is 11.5 Å². The molecule has 0 spiro atoms. The predicted molar refractivity (Wildman–Crippen MR) is 73.0 cm³/mol. The van der Waals surface area contributed by atoms with Gasteiger partial charge in [-0.25, -0.2) is 0 Å². The molecule has 6 heteroatoms. The van der Waals surface area contributed by atoms with Crippen LogP contribution < -0.4 is 14.8 Å². The molecule has 1 aromatic heterocycles. The Hall–Kier alpha value is -1.88. The van der Waals surface area contributed by atoms with Gasteiger partial charge in [-0.2, -0.15) is 5.10 Å². The number of ether oxygens (including phenoxy) is 2. The van der Waals surface area contributed by atoms with Crippen LogP contribution in [-0.2, 0) is 6.54 Å². The lowest BCUT2D eigenvalue weighted by Gasteiger charge is -2.09. The zero-order valence-corrected chi connectivity index (χ0v) is 11.5. The summed E-state index contributed by atoms with van der Waals surface area (Å²) in [6.45, 7) is 4.88. The topological polar surface area (TPSA) is 59.2 Å². The molecule has 0 saturated heterocycles. The fourth-order valence-corrected chi connectivity index (χ4v) is 2.29. The fourth-order valence-electron chi connectivity index (χ4n) is 2.07. The first-order valence-corrected chi connectivity index (χ1v) is 6.36. The van der Waals surface area contributed by atoms with Gasteiger partial charge >= 0.3 is 0 Å². The third-order valence-corrected chi connectivity index (χ3v) is 3.51. The zero-order chi connectivity index (χ0) is 13.4. The number of fused-ring (bicyclic) bond motifs is 1. The van der Waals surface area contributed by atoms with Gasteiger partial charge < -0.3 is 14.8 Å². The number of nitrogens with zero attached hydrogens (tertiary/aromatic N) is 1. The van der Waals surface area contributed by atoms with Crippen molar-refractivity contribution in [1.29, 1.82) is 0 Å². The molecule has 0 fully saturated rings. The molecule has 5 nitrogen and oxygen atoms in total. The first kappa shape index (κ1) is 12.2. The molecule has 0 aliphatic carbocycles. The molecular formula is C13H14ClN3O2. The Morgan fingerprint density at radius 1 is 1.32 bits per heavy atom. The number of benzene rings is 1. The normalized spacial score (nSPS) is 12.8. The molecule has 0 unspecified atom stereocenters. The zero-order valence-electron chi connectivity index (χ0n) is 10.7. The Morgan fingerprint density at radius 2 is 2.05 bits per heavy atom. The van der Waals surface area contributed by atoms with Crippen LogP contribution in [0.4, 0.5) is 5.69 Å². The number of aromatic amines is 1. The van der Waals surface area contributed by atoms with E-state index in [0.29, 0.717) is 23.1 Å². The van der Waals surface area contributed by atoms with E-state index in [1.807, 2.05) is 19.9 Å². The van der Waals surface area contributed by atoms with Crippen molar-refractivity contribution >= 4 is 17.3 Å². The first-order valence-electron chi connectivity index (χ1n) is 5.98. The monoisotopic (exact) mass is 279 g/mol. The van der Waals surface area contributed by atoms with Crippen LogP contribution in [0.15, 0.2) is 12.1 Å². The Labute approximate surface area is 115 Å². The SMILES string of the molecule is Cc1n[nH]c(C)c1CNc1cc2c(cc1Cl)OCO2. The van der Waals surface area contributed by atoms with Gasteiger partial charge in [0.05, 0.1) is 16.4 Å². The van der Waals surface area contributed by atoms with Gasteiger partial charge in [-0.3, -0.25) is 5.10 Å². The molecule has 0 amide bonds. The molecule has 0 bridgehead atoms. The van der Waals surface area contributed by atoms with Crippen molar-refractivity contribution in [3.63, 3.8) is 0 Å². The molecule has 1 aliphatic heterocycles. The molecule has 1 aliphatic rings. The minimum atomic E-state index is 0.245. The molecule has 2 heterocycles. The van der Waals surface area contributed by atoms with E-state index in [4.69, 9.17) is 21.1 Å². The molecule has 3 rings (SSSR count). The summed E-state index contributed by atoms with van der Waals surface area (Å²) in [6, 6.07) is 3.62. The summed E-state index contributed by atoms with van der Waals surface area (Å²) < 4.78 is 10.6. The molecule has 0 radical (unpaired) electrons. The first-order chi connectivity index (χ1) is 9.15. The van der Waals surface area contributed by atoms with Crippen molar-refractivity contribution in [2.24, 2.45) is 0 Å². The third kappa shape index (κ3) is 2.21. The number of aryl methyl sites for hydroxylation is 2. The lowest BCUT2D eigenvalue weighted by Crippen LogP contribution is -2.02. The highest BCUT2D eigenvalue weighted by Gasteiger charge is 2.16. The number of hydrogen-bond acceptors (Lipinski definition) is 4. The van der Waals surface area contributed by atoms with Crippen molar-refractivity contribution in [2.45, 2.75) is 20.4 Å². The quantitative estimate of drug-likeness (QED) is 0.907. The van der Waals surface area contributed by atoms with Gasteiger partial charge in [0.25, 0.3) is 0 Å². The van der Waals surface area contributed by atoms with Gasteiger partial charge in [-0.15, -0.1) is 0 Å². The van der Waals surface area contributed by atoms with Gasteiger partial charge in [0, 0.05) is 29.9 Å². The highest BCUT2D eigenvalue weighted by Crippen LogP contribution is 2.39. The number of rotatable bonds is 3. The Morgan fingerprint density at radius 3 is 2.74 bits per heavy atom. The molecule has 2 aromatic rings. The summed E-state index contributed by atoms with van der Waals surface area (Å²) in [4.78, 5) is 0. The summed E-state index contributed by atoms with van der Waals surface area (Å²) in [6.07, 6.45) is 0. The number of nitrogens with one attached hydrogen (secondary N) is 2. The van der Waals surface area contributed by atoms with Gasteiger partial charge in [-0.1, -0.05) is 11.6 Å². The van der Waals surface area contributed by atoms with Crippen LogP contribution in [0.2, 0.25) is 5.02 Å². The van der Waals surface area contributed by atoms with Gasteiger partial charge in [-0.05, 0) is 13.8 Å². The maximum atomic E-state index is 6.21. The van der Waals surface area contributed by atoms with E-state index in [1.165, 1.54) is 0 Å². The van der Waals surface area contributed by atoms with Crippen molar-refractivity contribution < 1.29 is 9.47 Å². The second-order valence-electron chi connectivity index (χ2n) is 4.45. The van der Waals surface area contributed by atoms with Crippen LogP contribution >= 0.6 is 11.6 Å². The van der Waals surface area contributed by atoms with Gasteiger partial charge in [0.2, 0.25) is 6.79 Å². The van der Waals surface area contributed by atoms with Crippen LogP contribution in [0.3, 0.4) is 0 Å². The lowest BCUT2D eigenvalue weighted by atomic mass is 10.2. The molecule has 19 heavy (non-hydrogen) atoms. The average Bonchev–Trinajstić information content (AvgIpc) is 2.94. The van der Waals surface area contributed by atoms with Crippen molar-refractivity contribution in [3.05, 3.63) is 34.1 Å². The standard InChI is InChI=1S/C13H14ClN3O2/c1-7-9(8(2)17-16-7)5-15-11-4-13-12(3-10(11)14)18-6-19-13/h3-4,15H,5-6H2,1-2H3,(H,16,17). The maximum absolute atomic E-state index is 6.21. The predicted octanol–water partition coefficient (Wildman–Crippen LogP) is 3.02.